The van der Waals surface area contributed by atoms with Crippen LogP contribution in [0, 0.1) is 6.92 Å². The van der Waals surface area contributed by atoms with Crippen LogP contribution in [0.2, 0.25) is 0 Å². The Labute approximate surface area is 140 Å². The SMILES string of the molecule is Cc1ccc(S(N)(=O)=O)cc1NC(=O)N1CCCC1c1ccco1. The topological polar surface area (TPSA) is 106 Å². The molecular weight excluding hydrogens is 330 g/mol. The minimum absolute atomic E-state index is 0.0348. The molecule has 2 aromatic rings. The third-order valence-corrected chi connectivity index (χ3v) is 5.08. The van der Waals surface area contributed by atoms with Gasteiger partial charge in [-0.05, 0) is 49.6 Å². The number of benzene rings is 1. The molecule has 3 N–H and O–H groups in total. The average Bonchev–Trinajstić information content (AvgIpc) is 3.18. The minimum Gasteiger partial charge on any atom is -0.467 e. The largest absolute Gasteiger partial charge is 0.467 e. The van der Waals surface area contributed by atoms with Crippen molar-refractivity contribution in [1.82, 2.24) is 4.90 Å². The average molecular weight is 349 g/mol. The van der Waals surface area contributed by atoms with Gasteiger partial charge in [0.2, 0.25) is 10.0 Å². The van der Waals surface area contributed by atoms with Gasteiger partial charge in [0.05, 0.1) is 17.2 Å². The number of aryl methyl sites for hydroxylation is 1. The van der Waals surface area contributed by atoms with Crippen LogP contribution in [-0.4, -0.2) is 25.9 Å². The Kier molecular flexibility index (Phi) is 4.33. The summed E-state index contributed by atoms with van der Waals surface area (Å²) in [5.41, 5.74) is 1.18. The number of urea groups is 1. The van der Waals surface area contributed by atoms with Crippen LogP contribution in [0.1, 0.15) is 30.2 Å². The van der Waals surface area contributed by atoms with Gasteiger partial charge in [-0.1, -0.05) is 6.07 Å². The number of likely N-dealkylation sites (tertiary alicyclic amines) is 1. The van der Waals surface area contributed by atoms with Crippen molar-refractivity contribution in [1.29, 1.82) is 0 Å². The molecule has 3 rings (SSSR count). The zero-order chi connectivity index (χ0) is 17.3. The molecule has 1 fully saturated rings. The molecule has 0 aliphatic carbocycles. The number of nitrogens with one attached hydrogen (secondary N) is 1. The van der Waals surface area contributed by atoms with E-state index in [1.807, 2.05) is 6.07 Å². The summed E-state index contributed by atoms with van der Waals surface area (Å²) in [4.78, 5) is 14.3. The number of anilines is 1. The maximum absolute atomic E-state index is 12.6. The van der Waals surface area contributed by atoms with Gasteiger partial charge in [0.25, 0.3) is 0 Å². The molecule has 0 saturated carbocycles. The molecule has 0 spiro atoms. The van der Waals surface area contributed by atoms with Gasteiger partial charge in [0.15, 0.2) is 0 Å². The second kappa shape index (κ2) is 6.29. The molecule has 1 atom stereocenters. The van der Waals surface area contributed by atoms with Crippen molar-refractivity contribution < 1.29 is 17.6 Å². The number of primary sulfonamides is 1. The fraction of sp³-hybridized carbons (Fsp3) is 0.312. The lowest BCUT2D eigenvalue weighted by molar-refractivity contribution is 0.200. The van der Waals surface area contributed by atoms with Gasteiger partial charge in [-0.3, -0.25) is 0 Å². The molecule has 1 aliphatic rings. The van der Waals surface area contributed by atoms with E-state index in [9.17, 15) is 13.2 Å². The number of nitrogens with two attached hydrogens (primary N) is 1. The number of amides is 2. The van der Waals surface area contributed by atoms with E-state index in [4.69, 9.17) is 9.56 Å². The van der Waals surface area contributed by atoms with Crippen molar-refractivity contribution in [2.45, 2.75) is 30.7 Å². The highest BCUT2D eigenvalue weighted by Crippen LogP contribution is 2.33. The second-order valence-corrected chi connectivity index (χ2v) is 7.38. The third kappa shape index (κ3) is 3.29. The van der Waals surface area contributed by atoms with Gasteiger partial charge in [0, 0.05) is 12.2 Å². The first kappa shape index (κ1) is 16.5. The van der Waals surface area contributed by atoms with E-state index in [0.717, 1.165) is 24.2 Å². The van der Waals surface area contributed by atoms with Crippen LogP contribution in [0.3, 0.4) is 0 Å². The van der Waals surface area contributed by atoms with Gasteiger partial charge >= 0.3 is 6.03 Å². The zero-order valence-corrected chi connectivity index (χ0v) is 14.0. The molecule has 2 heterocycles. The summed E-state index contributed by atoms with van der Waals surface area (Å²) in [5.74, 6) is 0.748. The molecule has 1 aromatic carbocycles. The molecule has 2 amide bonds. The molecule has 1 aliphatic heterocycles. The van der Waals surface area contributed by atoms with E-state index in [1.165, 1.54) is 12.1 Å². The number of hydrogen-bond acceptors (Lipinski definition) is 4. The van der Waals surface area contributed by atoms with Crippen molar-refractivity contribution in [3.63, 3.8) is 0 Å². The van der Waals surface area contributed by atoms with Crippen molar-refractivity contribution in [3.8, 4) is 0 Å². The fourth-order valence-corrected chi connectivity index (χ4v) is 3.43. The lowest BCUT2D eigenvalue weighted by Gasteiger charge is -2.24. The zero-order valence-electron chi connectivity index (χ0n) is 13.2. The van der Waals surface area contributed by atoms with Crippen LogP contribution < -0.4 is 10.5 Å². The highest BCUT2D eigenvalue weighted by Gasteiger charge is 2.32. The lowest BCUT2D eigenvalue weighted by Crippen LogP contribution is -2.34. The summed E-state index contributed by atoms with van der Waals surface area (Å²) < 4.78 is 28.4. The number of hydrogen-bond donors (Lipinski definition) is 2. The molecule has 1 saturated heterocycles. The molecule has 0 radical (unpaired) electrons. The van der Waals surface area contributed by atoms with E-state index < -0.39 is 10.0 Å². The Morgan fingerprint density at radius 2 is 2.17 bits per heavy atom. The van der Waals surface area contributed by atoms with Crippen LogP contribution in [0.15, 0.2) is 45.9 Å². The molecule has 24 heavy (non-hydrogen) atoms. The Morgan fingerprint density at radius 1 is 1.38 bits per heavy atom. The molecule has 0 bridgehead atoms. The van der Waals surface area contributed by atoms with E-state index in [0.29, 0.717) is 12.2 Å². The lowest BCUT2D eigenvalue weighted by atomic mass is 10.1. The molecule has 128 valence electrons. The predicted molar refractivity (Wildman–Crippen MR) is 89.0 cm³/mol. The molecule has 7 nitrogen and oxygen atoms in total. The minimum atomic E-state index is -3.82. The first-order valence-corrected chi connectivity index (χ1v) is 9.15. The summed E-state index contributed by atoms with van der Waals surface area (Å²) in [6.45, 7) is 2.40. The summed E-state index contributed by atoms with van der Waals surface area (Å²) in [6, 6.07) is 7.66. The molecule has 1 aromatic heterocycles. The molecule has 8 heteroatoms. The Morgan fingerprint density at radius 3 is 2.83 bits per heavy atom. The van der Waals surface area contributed by atoms with Crippen LogP contribution in [-0.2, 0) is 10.0 Å². The van der Waals surface area contributed by atoms with Gasteiger partial charge < -0.3 is 14.6 Å². The number of nitrogens with zero attached hydrogens (tertiary/aromatic N) is 1. The van der Waals surface area contributed by atoms with Gasteiger partial charge in [-0.15, -0.1) is 0 Å². The monoisotopic (exact) mass is 349 g/mol. The van der Waals surface area contributed by atoms with E-state index in [-0.39, 0.29) is 17.0 Å². The van der Waals surface area contributed by atoms with Crippen molar-refractivity contribution >= 4 is 21.7 Å². The first-order chi connectivity index (χ1) is 11.4. The van der Waals surface area contributed by atoms with Crippen molar-refractivity contribution in [2.75, 3.05) is 11.9 Å². The van der Waals surface area contributed by atoms with E-state index in [2.05, 4.69) is 5.32 Å². The number of furan rings is 1. The summed E-state index contributed by atoms with van der Waals surface area (Å²) in [5, 5.41) is 7.93. The number of sulfonamides is 1. The Balaban J connectivity index is 1.82. The standard InChI is InChI=1S/C16H19N3O4S/c1-11-6-7-12(24(17,21)22)10-13(11)18-16(20)19-8-2-4-14(19)15-5-3-9-23-15/h3,5-7,9-10,14H,2,4,8H2,1H3,(H,18,20)(H2,17,21,22). The molecular formula is C16H19N3O4S. The van der Waals surface area contributed by atoms with E-state index >= 15 is 0 Å². The predicted octanol–water partition coefficient (Wildman–Crippen LogP) is 2.60. The molecule has 1 unspecified atom stereocenters. The second-order valence-electron chi connectivity index (χ2n) is 5.82. The van der Waals surface area contributed by atoms with Gasteiger partial charge in [-0.2, -0.15) is 0 Å². The normalized spacial score (nSPS) is 17.9. The Bertz CT molecular complexity index is 846. The third-order valence-electron chi connectivity index (χ3n) is 4.16. The maximum atomic E-state index is 12.6. The first-order valence-electron chi connectivity index (χ1n) is 7.61. The number of rotatable bonds is 3. The summed E-state index contributed by atoms with van der Waals surface area (Å²) >= 11 is 0. The summed E-state index contributed by atoms with van der Waals surface area (Å²) in [7, 11) is -3.82. The van der Waals surface area contributed by atoms with Crippen LogP contribution in [0.5, 0.6) is 0 Å². The smallest absolute Gasteiger partial charge is 0.322 e. The van der Waals surface area contributed by atoms with E-state index in [1.54, 1.807) is 30.2 Å². The Hall–Kier alpha value is -2.32. The van der Waals surface area contributed by atoms with Crippen molar-refractivity contribution in [2.24, 2.45) is 5.14 Å². The maximum Gasteiger partial charge on any atom is 0.322 e. The number of carbonyl (C=O) groups is 1. The fourth-order valence-electron chi connectivity index (χ4n) is 2.89. The van der Waals surface area contributed by atoms with Crippen molar-refractivity contribution in [3.05, 3.63) is 47.9 Å². The van der Waals surface area contributed by atoms with Gasteiger partial charge in [-0.25, -0.2) is 18.4 Å². The quantitative estimate of drug-likeness (QED) is 0.888. The highest BCUT2D eigenvalue weighted by molar-refractivity contribution is 7.89. The van der Waals surface area contributed by atoms with Crippen LogP contribution in [0.25, 0.3) is 0 Å². The summed E-state index contributed by atoms with van der Waals surface area (Å²) in [6.07, 6.45) is 3.30. The number of carbonyl (C=O) groups excluding carboxylic acids is 1. The van der Waals surface area contributed by atoms with Crippen LogP contribution in [0.4, 0.5) is 10.5 Å². The highest BCUT2D eigenvalue weighted by atomic mass is 32.2. The van der Waals surface area contributed by atoms with Gasteiger partial charge in [0.1, 0.15) is 5.76 Å². The van der Waals surface area contributed by atoms with Crippen LogP contribution >= 0.6 is 0 Å².